The second kappa shape index (κ2) is 11.3. The molecule has 1 aliphatic rings. The fraction of sp³-hybridized carbons (Fsp3) is 0.385. The van der Waals surface area contributed by atoms with Crippen molar-refractivity contribution in [1.82, 2.24) is 4.90 Å². The number of esters is 1. The van der Waals surface area contributed by atoms with Crippen molar-refractivity contribution in [3.63, 3.8) is 0 Å². The lowest BCUT2D eigenvalue weighted by atomic mass is 9.72. The lowest BCUT2D eigenvalue weighted by molar-refractivity contribution is -0.156. The number of nitrogens with zero attached hydrogens (tertiary/aromatic N) is 3. The number of nitriles is 1. The molecule has 2 aromatic rings. The van der Waals surface area contributed by atoms with Crippen molar-refractivity contribution < 1.29 is 23.9 Å². The number of benzene rings is 2. The first-order chi connectivity index (χ1) is 16.4. The number of ether oxygens (including phenoxy) is 2. The number of carbonyl (C=O) groups is 3. The van der Waals surface area contributed by atoms with Crippen LogP contribution in [0, 0.1) is 11.3 Å². The largest absolute Gasteiger partial charge is 0.495 e. The molecule has 2 amide bonds. The van der Waals surface area contributed by atoms with Crippen molar-refractivity contribution in [2.75, 3.05) is 38.3 Å². The first kappa shape index (κ1) is 24.8. The quantitative estimate of drug-likeness (QED) is 0.558. The summed E-state index contributed by atoms with van der Waals surface area (Å²) in [6.07, 6.45) is 0.940. The molecule has 178 valence electrons. The Labute approximate surface area is 199 Å². The van der Waals surface area contributed by atoms with Crippen molar-refractivity contribution in [2.45, 2.75) is 31.6 Å². The summed E-state index contributed by atoms with van der Waals surface area (Å²) >= 11 is 0. The van der Waals surface area contributed by atoms with Crippen LogP contribution in [0.5, 0.6) is 5.75 Å². The summed E-state index contributed by atoms with van der Waals surface area (Å²) in [6, 6.07) is 18.4. The molecule has 2 aromatic carbocycles. The number of rotatable bonds is 8. The van der Waals surface area contributed by atoms with Gasteiger partial charge >= 0.3 is 5.97 Å². The first-order valence-corrected chi connectivity index (χ1v) is 11.2. The van der Waals surface area contributed by atoms with Crippen molar-refractivity contribution in [3.05, 3.63) is 60.2 Å². The number of hydrogen-bond acceptors (Lipinski definition) is 6. The van der Waals surface area contributed by atoms with Crippen LogP contribution in [-0.2, 0) is 24.5 Å². The maximum Gasteiger partial charge on any atom is 0.317 e. The van der Waals surface area contributed by atoms with Gasteiger partial charge in [-0.05, 0) is 30.5 Å². The topological polar surface area (TPSA) is 99.9 Å². The van der Waals surface area contributed by atoms with Crippen LogP contribution in [0.25, 0.3) is 0 Å². The van der Waals surface area contributed by atoms with E-state index in [1.54, 1.807) is 29.2 Å². The maximum absolute atomic E-state index is 13.4. The van der Waals surface area contributed by atoms with E-state index in [1.165, 1.54) is 18.9 Å². The highest BCUT2D eigenvalue weighted by molar-refractivity contribution is 5.97. The maximum atomic E-state index is 13.4. The zero-order valence-corrected chi connectivity index (χ0v) is 19.5. The molecule has 8 heteroatoms. The van der Waals surface area contributed by atoms with Gasteiger partial charge in [-0.2, -0.15) is 5.26 Å². The van der Waals surface area contributed by atoms with E-state index in [0.29, 0.717) is 37.4 Å². The number of likely N-dealkylation sites (tertiary alicyclic amines) is 1. The molecule has 1 fully saturated rings. The summed E-state index contributed by atoms with van der Waals surface area (Å²) < 4.78 is 11.0. The van der Waals surface area contributed by atoms with Crippen LogP contribution in [0.4, 0.5) is 5.69 Å². The number of piperidine rings is 1. The lowest BCUT2D eigenvalue weighted by Gasteiger charge is -2.40. The van der Waals surface area contributed by atoms with Gasteiger partial charge in [0.05, 0.1) is 30.7 Å². The molecule has 0 unspecified atom stereocenters. The van der Waals surface area contributed by atoms with Crippen molar-refractivity contribution >= 4 is 23.5 Å². The summed E-state index contributed by atoms with van der Waals surface area (Å²) in [6.45, 7) is 2.06. The molecule has 0 N–H and O–H groups in total. The minimum absolute atomic E-state index is 0.0323. The molecule has 0 aromatic heterocycles. The second-order valence-corrected chi connectivity index (χ2v) is 8.16. The van der Waals surface area contributed by atoms with Crippen LogP contribution in [0.15, 0.2) is 54.6 Å². The number of carbonyl (C=O) groups excluding carboxylic acids is 3. The molecular formula is C26H29N3O5. The van der Waals surface area contributed by atoms with Gasteiger partial charge in [-0.1, -0.05) is 42.5 Å². The van der Waals surface area contributed by atoms with E-state index in [-0.39, 0.29) is 18.9 Å². The third kappa shape index (κ3) is 5.37. The van der Waals surface area contributed by atoms with Crippen LogP contribution in [0.1, 0.15) is 31.7 Å². The second-order valence-electron chi connectivity index (χ2n) is 8.16. The van der Waals surface area contributed by atoms with Crippen molar-refractivity contribution in [1.29, 1.82) is 5.26 Å². The van der Waals surface area contributed by atoms with E-state index in [0.717, 1.165) is 5.56 Å². The average Bonchev–Trinajstić information content (AvgIpc) is 2.88. The summed E-state index contributed by atoms with van der Waals surface area (Å²) in [7, 11) is 1.50. The SMILES string of the molecule is COc1ccccc1N(CCC#N)C(=O)COC(=O)C1(c2ccccc2)CCN(C(C)=O)CC1. The number of para-hydroxylation sites is 2. The minimum atomic E-state index is -0.935. The van der Waals surface area contributed by atoms with Crippen LogP contribution in [0.3, 0.4) is 0 Å². The Morgan fingerprint density at radius 3 is 2.32 bits per heavy atom. The molecule has 0 bridgehead atoms. The van der Waals surface area contributed by atoms with E-state index < -0.39 is 23.9 Å². The van der Waals surface area contributed by atoms with E-state index in [9.17, 15) is 14.4 Å². The number of anilines is 1. The Morgan fingerprint density at radius 2 is 1.71 bits per heavy atom. The van der Waals surface area contributed by atoms with E-state index in [1.807, 2.05) is 36.4 Å². The Morgan fingerprint density at radius 1 is 1.06 bits per heavy atom. The molecule has 34 heavy (non-hydrogen) atoms. The predicted molar refractivity (Wildman–Crippen MR) is 126 cm³/mol. The Balaban J connectivity index is 1.79. The molecule has 8 nitrogen and oxygen atoms in total. The monoisotopic (exact) mass is 463 g/mol. The molecule has 0 aliphatic carbocycles. The van der Waals surface area contributed by atoms with Crippen LogP contribution in [0.2, 0.25) is 0 Å². The smallest absolute Gasteiger partial charge is 0.317 e. The fourth-order valence-corrected chi connectivity index (χ4v) is 4.31. The zero-order chi connectivity index (χ0) is 24.6. The minimum Gasteiger partial charge on any atom is -0.495 e. The van der Waals surface area contributed by atoms with Gasteiger partial charge in [-0.25, -0.2) is 0 Å². The Hall–Kier alpha value is -3.86. The molecule has 1 aliphatic heterocycles. The number of amides is 2. The standard InChI is InChI=1S/C26H29N3O5/c1-20(30)28-17-13-26(14-18-28,21-9-4-3-5-10-21)25(32)34-19-24(31)29(16-8-15-27)22-11-6-7-12-23(22)33-2/h3-7,9-12H,8,13-14,16-19H2,1-2H3. The Kier molecular flexibility index (Phi) is 8.25. The summed E-state index contributed by atoms with van der Waals surface area (Å²) in [5, 5.41) is 9.05. The average molecular weight is 464 g/mol. The van der Waals surface area contributed by atoms with Gasteiger partial charge < -0.3 is 19.3 Å². The molecular weight excluding hydrogens is 434 g/mol. The van der Waals surface area contributed by atoms with Crippen LogP contribution < -0.4 is 9.64 Å². The third-order valence-electron chi connectivity index (χ3n) is 6.23. The molecule has 0 saturated carbocycles. The Bertz CT molecular complexity index is 1060. The highest BCUT2D eigenvalue weighted by atomic mass is 16.5. The van der Waals surface area contributed by atoms with Crippen molar-refractivity contribution in [2.24, 2.45) is 0 Å². The molecule has 0 spiro atoms. The highest BCUT2D eigenvalue weighted by Gasteiger charge is 2.45. The fourth-order valence-electron chi connectivity index (χ4n) is 4.31. The third-order valence-corrected chi connectivity index (χ3v) is 6.23. The van der Waals surface area contributed by atoms with Gasteiger partial charge in [-0.3, -0.25) is 14.4 Å². The van der Waals surface area contributed by atoms with Gasteiger partial charge in [0, 0.05) is 26.6 Å². The van der Waals surface area contributed by atoms with Gasteiger partial charge in [0.15, 0.2) is 6.61 Å². The first-order valence-electron chi connectivity index (χ1n) is 11.2. The van der Waals surface area contributed by atoms with E-state index in [2.05, 4.69) is 0 Å². The van der Waals surface area contributed by atoms with E-state index in [4.69, 9.17) is 14.7 Å². The number of methoxy groups -OCH3 is 1. The highest BCUT2D eigenvalue weighted by Crippen LogP contribution is 2.37. The zero-order valence-electron chi connectivity index (χ0n) is 19.5. The van der Waals surface area contributed by atoms with Crippen molar-refractivity contribution in [3.8, 4) is 11.8 Å². The molecule has 0 radical (unpaired) electrons. The summed E-state index contributed by atoms with van der Waals surface area (Å²) in [5.41, 5.74) is 0.380. The summed E-state index contributed by atoms with van der Waals surface area (Å²) in [4.78, 5) is 41.5. The number of hydrogen-bond donors (Lipinski definition) is 0. The summed E-state index contributed by atoms with van der Waals surface area (Å²) in [5.74, 6) is -0.486. The van der Waals surface area contributed by atoms with E-state index >= 15 is 0 Å². The molecule has 1 heterocycles. The molecule has 0 atom stereocenters. The van der Waals surface area contributed by atoms with Crippen LogP contribution in [-0.4, -0.2) is 56.0 Å². The normalized spacial score (nSPS) is 14.6. The molecule has 1 saturated heterocycles. The van der Waals surface area contributed by atoms with Gasteiger partial charge in [-0.15, -0.1) is 0 Å². The lowest BCUT2D eigenvalue weighted by Crippen LogP contribution is -2.50. The predicted octanol–water partition coefficient (Wildman–Crippen LogP) is 3.07. The van der Waals surface area contributed by atoms with Crippen LogP contribution >= 0.6 is 0 Å². The van der Waals surface area contributed by atoms with Gasteiger partial charge in [0.25, 0.3) is 5.91 Å². The molecule has 3 rings (SSSR count). The van der Waals surface area contributed by atoms with Gasteiger partial charge in [0.1, 0.15) is 5.75 Å². The van der Waals surface area contributed by atoms with Gasteiger partial charge in [0.2, 0.25) is 5.91 Å².